The van der Waals surface area contributed by atoms with E-state index in [4.69, 9.17) is 11.6 Å². The molecule has 0 aliphatic heterocycles. The van der Waals surface area contributed by atoms with Crippen molar-refractivity contribution in [1.29, 1.82) is 0 Å². The molecule has 0 spiro atoms. The lowest BCUT2D eigenvalue weighted by Gasteiger charge is -2.22. The first-order chi connectivity index (χ1) is 9.15. The summed E-state index contributed by atoms with van der Waals surface area (Å²) in [5.41, 5.74) is 3.72. The second kappa shape index (κ2) is 6.73. The Balaban J connectivity index is 2.52. The summed E-state index contributed by atoms with van der Waals surface area (Å²) in [4.78, 5) is 0. The molecular weight excluding hydrogens is 369 g/mol. The molecule has 0 aliphatic carbocycles. The predicted molar refractivity (Wildman–Crippen MR) is 90.9 cm³/mol. The van der Waals surface area contributed by atoms with Gasteiger partial charge in [-0.1, -0.05) is 54.9 Å². The van der Waals surface area contributed by atoms with Gasteiger partial charge in [0.05, 0.1) is 6.04 Å². The molecule has 1 unspecified atom stereocenters. The van der Waals surface area contributed by atoms with E-state index in [0.717, 1.165) is 17.1 Å². The molecule has 3 heteroatoms. The number of rotatable bonds is 4. The highest BCUT2D eigenvalue weighted by atomic mass is 127. The molecule has 0 saturated heterocycles. The number of hydrogen-bond acceptors (Lipinski definition) is 1. The van der Waals surface area contributed by atoms with Gasteiger partial charge in [0, 0.05) is 8.59 Å². The van der Waals surface area contributed by atoms with Crippen molar-refractivity contribution in [1.82, 2.24) is 5.32 Å². The summed E-state index contributed by atoms with van der Waals surface area (Å²) in [6.07, 6.45) is 0. The van der Waals surface area contributed by atoms with Gasteiger partial charge < -0.3 is 5.32 Å². The second-order valence-electron chi connectivity index (χ2n) is 4.49. The number of hydrogen-bond donors (Lipinski definition) is 1. The highest BCUT2D eigenvalue weighted by Gasteiger charge is 2.18. The molecule has 0 aromatic heterocycles. The molecule has 2 rings (SSSR count). The van der Waals surface area contributed by atoms with Crippen LogP contribution in [0.5, 0.6) is 0 Å². The molecule has 0 amide bonds. The van der Waals surface area contributed by atoms with Gasteiger partial charge in [0.25, 0.3) is 0 Å². The smallest absolute Gasteiger partial charge is 0.0601 e. The fourth-order valence-corrected chi connectivity index (χ4v) is 3.11. The van der Waals surface area contributed by atoms with Crippen molar-refractivity contribution in [3.8, 4) is 0 Å². The van der Waals surface area contributed by atoms with Crippen LogP contribution in [0.15, 0.2) is 42.5 Å². The minimum absolute atomic E-state index is 0.144. The van der Waals surface area contributed by atoms with E-state index in [1.54, 1.807) is 0 Å². The summed E-state index contributed by atoms with van der Waals surface area (Å²) in [6, 6.07) is 14.6. The Morgan fingerprint density at radius 3 is 2.47 bits per heavy atom. The molecular formula is C16H17ClIN. The largest absolute Gasteiger partial charge is 0.306 e. The maximum atomic E-state index is 6.35. The minimum Gasteiger partial charge on any atom is -0.306 e. The molecule has 1 nitrogen and oxygen atoms in total. The third kappa shape index (κ3) is 3.30. The van der Waals surface area contributed by atoms with Crippen molar-refractivity contribution in [2.45, 2.75) is 19.9 Å². The van der Waals surface area contributed by atoms with Crippen LogP contribution in [-0.4, -0.2) is 6.54 Å². The van der Waals surface area contributed by atoms with Crippen LogP contribution in [-0.2, 0) is 0 Å². The van der Waals surface area contributed by atoms with Crippen LogP contribution in [0.25, 0.3) is 0 Å². The number of halogens is 2. The third-order valence-electron chi connectivity index (χ3n) is 3.16. The minimum atomic E-state index is 0.144. The van der Waals surface area contributed by atoms with Crippen LogP contribution in [0.2, 0.25) is 5.02 Å². The van der Waals surface area contributed by atoms with Crippen molar-refractivity contribution in [3.05, 3.63) is 67.7 Å². The maximum Gasteiger partial charge on any atom is 0.0601 e. The lowest BCUT2D eigenvalue weighted by atomic mass is 9.97. The van der Waals surface area contributed by atoms with E-state index >= 15 is 0 Å². The Bertz CT molecular complexity index is 568. The molecule has 0 heterocycles. The highest BCUT2D eigenvalue weighted by molar-refractivity contribution is 14.1. The van der Waals surface area contributed by atoms with Gasteiger partial charge in [-0.15, -0.1) is 0 Å². The van der Waals surface area contributed by atoms with E-state index < -0.39 is 0 Å². The van der Waals surface area contributed by atoms with Crippen molar-refractivity contribution in [2.75, 3.05) is 6.54 Å². The summed E-state index contributed by atoms with van der Waals surface area (Å²) in [5, 5.41) is 4.35. The zero-order valence-electron chi connectivity index (χ0n) is 11.1. The van der Waals surface area contributed by atoms with Crippen molar-refractivity contribution in [2.24, 2.45) is 0 Å². The quantitative estimate of drug-likeness (QED) is 0.734. The molecule has 0 fully saturated rings. The summed E-state index contributed by atoms with van der Waals surface area (Å²) >= 11 is 8.77. The Morgan fingerprint density at radius 2 is 1.79 bits per heavy atom. The molecule has 2 aromatic carbocycles. The lowest BCUT2D eigenvalue weighted by molar-refractivity contribution is 0.628. The number of nitrogens with one attached hydrogen (secondary N) is 1. The second-order valence-corrected chi connectivity index (χ2v) is 5.98. The average molecular weight is 386 g/mol. The molecule has 0 bridgehead atoms. The van der Waals surface area contributed by atoms with Gasteiger partial charge in [0.15, 0.2) is 0 Å². The van der Waals surface area contributed by atoms with Crippen LogP contribution in [0.1, 0.15) is 29.7 Å². The van der Waals surface area contributed by atoms with Gasteiger partial charge in [-0.3, -0.25) is 0 Å². The third-order valence-corrected chi connectivity index (χ3v) is 4.97. The van der Waals surface area contributed by atoms with E-state index in [9.17, 15) is 0 Å². The average Bonchev–Trinajstić information content (AvgIpc) is 2.41. The normalized spacial score (nSPS) is 12.4. The zero-order chi connectivity index (χ0) is 13.8. The first-order valence-electron chi connectivity index (χ1n) is 6.38. The fraction of sp³-hybridized carbons (Fsp3) is 0.250. The van der Waals surface area contributed by atoms with E-state index in [2.05, 4.69) is 66.0 Å². The van der Waals surface area contributed by atoms with Crippen LogP contribution in [0.4, 0.5) is 0 Å². The molecule has 100 valence electrons. The molecule has 2 aromatic rings. The predicted octanol–water partition coefficient (Wildman–Crippen LogP) is 4.95. The van der Waals surface area contributed by atoms with Crippen molar-refractivity contribution < 1.29 is 0 Å². The van der Waals surface area contributed by atoms with Gasteiger partial charge in [-0.25, -0.2) is 0 Å². The maximum absolute atomic E-state index is 6.35. The lowest BCUT2D eigenvalue weighted by Crippen LogP contribution is -2.23. The standard InChI is InChI=1S/C16H17ClIN/c1-3-19-16(12-8-4-5-10-14(12)17)13-9-6-7-11(2)15(13)18/h4-10,16,19H,3H2,1-2H3. The van der Waals surface area contributed by atoms with Gasteiger partial charge in [0.1, 0.15) is 0 Å². The summed E-state index contributed by atoms with van der Waals surface area (Å²) in [6.45, 7) is 5.16. The van der Waals surface area contributed by atoms with Gasteiger partial charge >= 0.3 is 0 Å². The zero-order valence-corrected chi connectivity index (χ0v) is 14.0. The van der Waals surface area contributed by atoms with E-state index in [1.165, 1.54) is 14.7 Å². The first kappa shape index (κ1) is 14.8. The SMILES string of the molecule is CCNC(c1ccccc1Cl)c1cccc(C)c1I. The fourth-order valence-electron chi connectivity index (χ4n) is 2.19. The van der Waals surface area contributed by atoms with Crippen molar-refractivity contribution in [3.63, 3.8) is 0 Å². The van der Waals surface area contributed by atoms with Crippen LogP contribution < -0.4 is 5.32 Å². The van der Waals surface area contributed by atoms with Gasteiger partial charge in [0.2, 0.25) is 0 Å². The molecule has 19 heavy (non-hydrogen) atoms. The summed E-state index contributed by atoms with van der Waals surface area (Å²) in [5.74, 6) is 0. The van der Waals surface area contributed by atoms with E-state index in [0.29, 0.717) is 0 Å². The van der Waals surface area contributed by atoms with Crippen molar-refractivity contribution >= 4 is 34.2 Å². The molecule has 0 radical (unpaired) electrons. The Hall–Kier alpha value is -0.580. The van der Waals surface area contributed by atoms with Gasteiger partial charge in [-0.2, -0.15) is 0 Å². The van der Waals surface area contributed by atoms with Crippen LogP contribution >= 0.6 is 34.2 Å². The molecule has 0 aliphatic rings. The Kier molecular flexibility index (Phi) is 5.25. The first-order valence-corrected chi connectivity index (χ1v) is 7.83. The highest BCUT2D eigenvalue weighted by Crippen LogP contribution is 2.31. The molecule has 1 N–H and O–H groups in total. The Morgan fingerprint density at radius 1 is 1.11 bits per heavy atom. The van der Waals surface area contributed by atoms with E-state index in [-0.39, 0.29) is 6.04 Å². The number of benzene rings is 2. The number of aryl methyl sites for hydroxylation is 1. The monoisotopic (exact) mass is 385 g/mol. The van der Waals surface area contributed by atoms with Gasteiger partial charge in [-0.05, 0) is 58.8 Å². The summed E-state index contributed by atoms with van der Waals surface area (Å²) < 4.78 is 1.30. The molecule has 1 atom stereocenters. The topological polar surface area (TPSA) is 12.0 Å². The summed E-state index contributed by atoms with van der Waals surface area (Å²) in [7, 11) is 0. The molecule has 0 saturated carbocycles. The Labute approximate surface area is 133 Å². The van der Waals surface area contributed by atoms with Crippen LogP contribution in [0.3, 0.4) is 0 Å². The van der Waals surface area contributed by atoms with E-state index in [1.807, 2.05) is 18.2 Å². The van der Waals surface area contributed by atoms with Crippen LogP contribution in [0, 0.1) is 10.5 Å².